The quantitative estimate of drug-likeness (QED) is 0.154. The fourth-order valence-corrected chi connectivity index (χ4v) is 5.07. The van der Waals surface area contributed by atoms with Gasteiger partial charge in [0.05, 0.1) is 45.0 Å². The van der Waals surface area contributed by atoms with Crippen molar-refractivity contribution in [2.45, 2.75) is 71.7 Å². The Morgan fingerprint density at radius 1 is 1.22 bits per heavy atom. The molecular weight excluding hydrogens is 623 g/mol. The van der Waals surface area contributed by atoms with E-state index in [4.69, 9.17) is 18.8 Å². The minimum absolute atomic E-state index is 0.103. The van der Waals surface area contributed by atoms with Crippen LogP contribution in [-0.4, -0.2) is 75.0 Å². The average molecular weight is 662 g/mol. The van der Waals surface area contributed by atoms with Gasteiger partial charge in [-0.2, -0.15) is 13.8 Å². The second-order valence-corrected chi connectivity index (χ2v) is 11.6. The standard InChI is InChI=1S/C22H23F2N2O11P.C6H15N/c1-11-4-12-6-15(36-18(12)13(5-11)8-27)9-34-17(28)7-14-2-3-26(21(30)25-14)20-22(23,24)19(29)16(37-20)10-35-38(31,32)33;1-4-7(5-2)6-3/h2-6,16,19-20,27,29H,7-10H2,1H3,(H2,31,32,33);4-6H2,1-3H3/t16-,19-,20-;/m1./s1. The van der Waals surface area contributed by atoms with Gasteiger partial charge in [-0.05, 0) is 51.5 Å². The SMILES string of the molecule is CC[NH+](CC)CC.Cc1cc(CO)c2oc(COC(=O)Cc3ccn([C@@H]4O[C@H](COP(=O)([O-])O)[C@@H](O)C4(F)F)c(=O)n3)cc2c1. The van der Waals surface area contributed by atoms with Crippen LogP contribution < -0.4 is 15.5 Å². The molecule has 0 spiro atoms. The number of esters is 1. The number of aryl methyl sites for hydroxylation is 1. The van der Waals surface area contributed by atoms with Crippen LogP contribution in [0.2, 0.25) is 0 Å². The monoisotopic (exact) mass is 661 g/mol. The van der Waals surface area contributed by atoms with Gasteiger partial charge in [0.2, 0.25) is 6.23 Å². The normalized spacial score (nSPS) is 20.6. The predicted octanol–water partition coefficient (Wildman–Crippen LogP) is 0.378. The molecule has 0 radical (unpaired) electrons. The number of benzene rings is 1. The molecule has 4 atom stereocenters. The molecule has 14 nitrogen and oxygen atoms in total. The fraction of sp³-hybridized carbons (Fsp3) is 0.536. The highest BCUT2D eigenvalue weighted by Crippen LogP contribution is 2.43. The van der Waals surface area contributed by atoms with E-state index in [1.807, 2.05) is 13.0 Å². The molecule has 1 aliphatic heterocycles. The number of fused-ring (bicyclic) bond motifs is 1. The molecule has 0 amide bonds. The lowest BCUT2D eigenvalue weighted by molar-refractivity contribution is -0.894. The number of phosphoric ester groups is 1. The van der Waals surface area contributed by atoms with E-state index in [-0.39, 0.29) is 18.9 Å². The predicted molar refractivity (Wildman–Crippen MR) is 152 cm³/mol. The zero-order valence-electron chi connectivity index (χ0n) is 25.3. The van der Waals surface area contributed by atoms with Crippen molar-refractivity contribution in [1.29, 1.82) is 0 Å². The van der Waals surface area contributed by atoms with Crippen molar-refractivity contribution in [2.75, 3.05) is 26.2 Å². The summed E-state index contributed by atoms with van der Waals surface area (Å²) in [5, 5.41) is 20.0. The van der Waals surface area contributed by atoms with Crippen LogP contribution >= 0.6 is 7.82 Å². The molecule has 0 saturated carbocycles. The average Bonchev–Trinajstić information content (AvgIpc) is 3.48. The van der Waals surface area contributed by atoms with Crippen LogP contribution in [0.4, 0.5) is 8.78 Å². The smallest absolute Gasteiger partial charge is 0.350 e. The van der Waals surface area contributed by atoms with Crippen LogP contribution in [0.15, 0.2) is 39.7 Å². The number of halogens is 2. The molecule has 0 bridgehead atoms. The van der Waals surface area contributed by atoms with Crippen LogP contribution in [-0.2, 0) is 43.0 Å². The third-order valence-electron chi connectivity index (χ3n) is 7.18. The van der Waals surface area contributed by atoms with Crippen molar-refractivity contribution in [2.24, 2.45) is 0 Å². The number of nitrogens with zero attached hydrogens (tertiary/aromatic N) is 2. The topological polar surface area (TPSA) is 198 Å². The number of carbonyl (C=O) groups excluding carboxylic acids is 1. The van der Waals surface area contributed by atoms with Crippen molar-refractivity contribution >= 4 is 24.8 Å². The Hall–Kier alpha value is -3.08. The molecule has 1 fully saturated rings. The molecule has 1 aliphatic rings. The van der Waals surface area contributed by atoms with E-state index in [0.717, 1.165) is 17.8 Å². The molecule has 1 unspecified atom stereocenters. The minimum atomic E-state index is -5.27. The van der Waals surface area contributed by atoms with E-state index in [0.29, 0.717) is 26.9 Å². The summed E-state index contributed by atoms with van der Waals surface area (Å²) < 4.78 is 59.9. The molecule has 2 aromatic heterocycles. The summed E-state index contributed by atoms with van der Waals surface area (Å²) in [6, 6.07) is 6.34. The maximum atomic E-state index is 14.5. The van der Waals surface area contributed by atoms with Crippen LogP contribution in [0.1, 0.15) is 49.6 Å². The van der Waals surface area contributed by atoms with Gasteiger partial charge in [0.15, 0.2) is 6.10 Å². The Labute approximate surface area is 257 Å². The molecule has 3 heterocycles. The number of aromatic nitrogens is 2. The number of ether oxygens (including phenoxy) is 2. The number of alkyl halides is 2. The molecule has 1 saturated heterocycles. The summed E-state index contributed by atoms with van der Waals surface area (Å²) in [6.45, 7) is 10.7. The van der Waals surface area contributed by atoms with E-state index < -0.39 is 56.9 Å². The van der Waals surface area contributed by atoms with Gasteiger partial charge in [-0.1, -0.05) is 6.07 Å². The number of aliphatic hydroxyl groups excluding tert-OH is 2. The van der Waals surface area contributed by atoms with Crippen LogP contribution in [0.3, 0.4) is 0 Å². The van der Waals surface area contributed by atoms with E-state index in [9.17, 15) is 38.0 Å². The number of rotatable bonds is 12. The van der Waals surface area contributed by atoms with Crippen molar-refractivity contribution in [3.8, 4) is 0 Å². The number of aliphatic hydroxyl groups is 2. The van der Waals surface area contributed by atoms with Crippen molar-refractivity contribution in [3.05, 3.63) is 63.5 Å². The van der Waals surface area contributed by atoms with E-state index >= 15 is 0 Å². The molecule has 4 N–H and O–H groups in total. The summed E-state index contributed by atoms with van der Waals surface area (Å²) in [7, 11) is -5.27. The number of hydrogen-bond donors (Lipinski definition) is 4. The fourth-order valence-electron chi connectivity index (χ4n) is 4.73. The van der Waals surface area contributed by atoms with Gasteiger partial charge >= 0.3 is 17.6 Å². The number of hydrogen-bond acceptors (Lipinski definition) is 11. The zero-order valence-corrected chi connectivity index (χ0v) is 26.2. The largest absolute Gasteiger partial charge is 0.756 e. The van der Waals surface area contributed by atoms with E-state index in [2.05, 4.69) is 30.3 Å². The summed E-state index contributed by atoms with van der Waals surface area (Å²) in [6.07, 6.45) is -6.42. The Kier molecular flexibility index (Phi) is 12.5. The van der Waals surface area contributed by atoms with Crippen molar-refractivity contribution < 1.29 is 61.5 Å². The third kappa shape index (κ3) is 9.47. The first-order valence-corrected chi connectivity index (χ1v) is 15.7. The van der Waals surface area contributed by atoms with E-state index in [1.54, 1.807) is 17.0 Å². The van der Waals surface area contributed by atoms with Crippen molar-refractivity contribution in [3.63, 3.8) is 0 Å². The first kappa shape index (κ1) is 36.4. The molecule has 4 rings (SSSR count). The highest BCUT2D eigenvalue weighted by atomic mass is 31.2. The number of furan rings is 1. The number of nitrogens with one attached hydrogen (secondary N) is 1. The molecule has 250 valence electrons. The molecule has 0 aliphatic carbocycles. The Morgan fingerprint density at radius 3 is 2.44 bits per heavy atom. The van der Waals surface area contributed by atoms with Crippen LogP contribution in [0.25, 0.3) is 11.0 Å². The van der Waals surface area contributed by atoms with Gasteiger partial charge in [0, 0.05) is 17.1 Å². The lowest BCUT2D eigenvalue weighted by Crippen LogP contribution is -3.11. The summed E-state index contributed by atoms with van der Waals surface area (Å²) in [4.78, 5) is 49.3. The van der Waals surface area contributed by atoms with Crippen LogP contribution in [0.5, 0.6) is 0 Å². The Balaban J connectivity index is 0.000000707. The van der Waals surface area contributed by atoms with Gasteiger partial charge in [-0.25, -0.2) is 4.79 Å². The van der Waals surface area contributed by atoms with Crippen molar-refractivity contribution in [1.82, 2.24) is 9.55 Å². The van der Waals surface area contributed by atoms with Crippen LogP contribution in [0, 0.1) is 6.92 Å². The number of phosphoric acid groups is 1. The number of quaternary nitrogens is 1. The summed E-state index contributed by atoms with van der Waals surface area (Å²) in [5.74, 6) is -4.54. The third-order valence-corrected chi connectivity index (χ3v) is 7.66. The first-order chi connectivity index (χ1) is 21.1. The molecule has 45 heavy (non-hydrogen) atoms. The molecule has 17 heteroatoms. The lowest BCUT2D eigenvalue weighted by atomic mass is 10.1. The zero-order chi connectivity index (χ0) is 33.5. The lowest BCUT2D eigenvalue weighted by Gasteiger charge is -2.21. The van der Waals surface area contributed by atoms with Gasteiger partial charge in [0.25, 0.3) is 7.82 Å². The second-order valence-electron chi connectivity index (χ2n) is 10.4. The van der Waals surface area contributed by atoms with Gasteiger partial charge in [-0.15, -0.1) is 0 Å². The summed E-state index contributed by atoms with van der Waals surface area (Å²) in [5.41, 5.74) is 0.592. The molecule has 1 aromatic carbocycles. The minimum Gasteiger partial charge on any atom is -0.756 e. The van der Waals surface area contributed by atoms with Gasteiger partial charge in [0.1, 0.15) is 24.1 Å². The van der Waals surface area contributed by atoms with E-state index in [1.165, 1.54) is 19.6 Å². The molecular formula is C28H38F2N3O11P. The van der Waals surface area contributed by atoms with Gasteiger partial charge < -0.3 is 43.3 Å². The highest BCUT2D eigenvalue weighted by Gasteiger charge is 2.59. The second kappa shape index (κ2) is 15.5. The highest BCUT2D eigenvalue weighted by molar-refractivity contribution is 7.44. The first-order valence-electron chi connectivity index (χ1n) is 14.2. The maximum absolute atomic E-state index is 14.5. The number of carbonyl (C=O) groups is 1. The summed E-state index contributed by atoms with van der Waals surface area (Å²) >= 11 is 0. The van der Waals surface area contributed by atoms with Gasteiger partial charge in [-0.3, -0.25) is 13.9 Å². The maximum Gasteiger partial charge on any atom is 0.350 e. The molecule has 3 aromatic rings. The Morgan fingerprint density at radius 2 is 1.89 bits per heavy atom. The Bertz CT molecular complexity index is 1550.